The Morgan fingerprint density at radius 3 is 2.05 bits per heavy atom. The van der Waals surface area contributed by atoms with Crippen LogP contribution in [-0.4, -0.2) is 72.8 Å². The Labute approximate surface area is 253 Å². The fourth-order valence-corrected chi connectivity index (χ4v) is 6.71. The molecule has 0 saturated heterocycles. The third kappa shape index (κ3) is 8.38. The minimum absolute atomic E-state index is 0.0254. The second kappa shape index (κ2) is 14.0. The largest absolute Gasteiger partial charge is 0.480 e. The zero-order valence-electron chi connectivity index (χ0n) is 23.9. The summed E-state index contributed by atoms with van der Waals surface area (Å²) in [7, 11) is -3.96. The first kappa shape index (κ1) is 31.1. The van der Waals surface area contributed by atoms with Crippen LogP contribution in [0.3, 0.4) is 0 Å². The van der Waals surface area contributed by atoms with Gasteiger partial charge < -0.3 is 30.6 Å². The highest BCUT2D eigenvalue weighted by molar-refractivity contribution is 7.59. The molecule has 15 heteroatoms. The van der Waals surface area contributed by atoms with Gasteiger partial charge in [0.15, 0.2) is 17.0 Å². The van der Waals surface area contributed by atoms with E-state index in [4.69, 9.17) is 10.5 Å². The van der Waals surface area contributed by atoms with Crippen molar-refractivity contribution in [3.8, 4) is 0 Å². The van der Waals surface area contributed by atoms with Crippen LogP contribution in [0.25, 0.3) is 11.2 Å². The molecule has 0 radical (unpaired) electrons. The van der Waals surface area contributed by atoms with Gasteiger partial charge >= 0.3 is 11.9 Å². The highest BCUT2D eigenvalue weighted by Crippen LogP contribution is 2.38. The second-order valence-corrected chi connectivity index (χ2v) is 12.9. The number of nitrogens with one attached hydrogen (secondary N) is 3. The predicted octanol–water partition coefficient (Wildman–Crippen LogP) is 2.72. The number of carboxylic acids is 2. The fourth-order valence-electron chi connectivity index (χ4n) is 4.69. The number of carboxylic acid groups (broad SMARTS) is 2. The second-order valence-electron chi connectivity index (χ2n) is 10.7. The Kier molecular flexibility index (Phi) is 9.85. The molecule has 0 aliphatic heterocycles. The van der Waals surface area contributed by atoms with Crippen molar-refractivity contribution < 1.29 is 29.1 Å². The van der Waals surface area contributed by atoms with Crippen LogP contribution < -0.4 is 21.2 Å². The highest BCUT2D eigenvalue weighted by atomic mass is 31.2. The van der Waals surface area contributed by atoms with Crippen LogP contribution >= 0.6 is 7.44 Å². The van der Waals surface area contributed by atoms with E-state index in [0.717, 1.165) is 12.8 Å². The van der Waals surface area contributed by atoms with Crippen LogP contribution in [0.5, 0.6) is 0 Å². The molecular formula is C29H35N8O6P. The van der Waals surface area contributed by atoms with Crippen LogP contribution in [0.4, 0.5) is 11.8 Å². The molecule has 4 aromatic rings. The van der Waals surface area contributed by atoms with Crippen molar-refractivity contribution in [2.75, 3.05) is 24.0 Å². The van der Waals surface area contributed by atoms with Crippen LogP contribution in [0.2, 0.25) is 0 Å². The lowest BCUT2D eigenvalue weighted by atomic mass is 10.1. The first-order valence-corrected chi connectivity index (χ1v) is 16.1. The lowest BCUT2D eigenvalue weighted by molar-refractivity contribution is -0.139. The molecule has 5 rings (SSSR count). The van der Waals surface area contributed by atoms with Gasteiger partial charge in [0.05, 0.1) is 12.9 Å². The first-order valence-electron chi connectivity index (χ1n) is 14.2. The number of ether oxygens (including phenoxy) is 1. The number of anilines is 2. The standard InChI is InChI=1S/C29H35N8O6P/c30-29-33-25(32-21-11-12-21)24-26(34-29)37(17-31-24)13-14-43-18-44(42,35-22(27(38)39)15-19-7-3-1-4-8-19)36-23(28(40)41)16-20-9-5-2-6-10-20/h1-10,17,21-23H,11-16,18H2,(H,38,39)(H,40,41)(H2,35,36,42)(H3,30,32,33,34)/t22-,23-/m0/s1. The van der Waals surface area contributed by atoms with Gasteiger partial charge in [0, 0.05) is 12.6 Å². The summed E-state index contributed by atoms with van der Waals surface area (Å²) in [6.07, 6.45) is 3.25. The van der Waals surface area contributed by atoms with E-state index in [2.05, 4.69) is 30.4 Å². The highest BCUT2D eigenvalue weighted by Gasteiger charge is 2.34. The van der Waals surface area contributed by atoms with E-state index < -0.39 is 37.8 Å². The normalized spacial score (nSPS) is 14.7. The number of hydrogen-bond donors (Lipinski definition) is 6. The molecule has 2 heterocycles. The Hall–Kier alpha value is -4.36. The summed E-state index contributed by atoms with van der Waals surface area (Å²) in [5.74, 6) is -1.81. The number of benzene rings is 2. The Morgan fingerprint density at radius 2 is 1.52 bits per heavy atom. The van der Waals surface area contributed by atoms with Gasteiger partial charge in [-0.1, -0.05) is 60.7 Å². The van der Waals surface area contributed by atoms with Gasteiger partial charge in [-0.25, -0.2) is 15.2 Å². The third-order valence-corrected chi connectivity index (χ3v) is 9.04. The molecule has 1 aliphatic carbocycles. The zero-order chi connectivity index (χ0) is 31.1. The quantitative estimate of drug-likeness (QED) is 0.0741. The van der Waals surface area contributed by atoms with Gasteiger partial charge in [-0.05, 0) is 36.8 Å². The van der Waals surface area contributed by atoms with E-state index in [1.165, 1.54) is 0 Å². The molecule has 0 amide bonds. The van der Waals surface area contributed by atoms with Gasteiger partial charge in [-0.15, -0.1) is 0 Å². The number of carbonyl (C=O) groups is 2. The number of fused-ring (bicyclic) bond motifs is 1. The lowest BCUT2D eigenvalue weighted by Crippen LogP contribution is -2.45. The maximum Gasteiger partial charge on any atom is 0.321 e. The summed E-state index contributed by atoms with van der Waals surface area (Å²) in [6, 6.07) is 15.6. The third-order valence-electron chi connectivity index (χ3n) is 7.04. The number of imidazole rings is 1. The van der Waals surface area contributed by atoms with Gasteiger partial charge in [-0.2, -0.15) is 9.97 Å². The molecule has 14 nitrogen and oxygen atoms in total. The summed E-state index contributed by atoms with van der Waals surface area (Å²) in [5, 5.41) is 28.7. The summed E-state index contributed by atoms with van der Waals surface area (Å²) in [5.41, 5.74) is 8.42. The van der Waals surface area contributed by atoms with E-state index in [9.17, 15) is 24.4 Å². The van der Waals surface area contributed by atoms with Gasteiger partial charge in [0.2, 0.25) is 13.4 Å². The zero-order valence-corrected chi connectivity index (χ0v) is 24.8. The van der Waals surface area contributed by atoms with E-state index in [-0.39, 0.29) is 31.9 Å². The van der Waals surface area contributed by atoms with Crippen LogP contribution in [0.15, 0.2) is 67.0 Å². The number of hydrogen-bond acceptors (Lipinski definition) is 9. The van der Waals surface area contributed by atoms with E-state index in [0.29, 0.717) is 34.2 Å². The molecule has 44 heavy (non-hydrogen) atoms. The molecule has 1 fully saturated rings. The van der Waals surface area contributed by atoms with Crippen LogP contribution in [0, 0.1) is 0 Å². The van der Waals surface area contributed by atoms with Gasteiger partial charge in [0.25, 0.3) is 0 Å². The summed E-state index contributed by atoms with van der Waals surface area (Å²) < 4.78 is 21.8. The first-order chi connectivity index (χ1) is 21.2. The molecule has 2 aromatic carbocycles. The fraction of sp³-hybridized carbons (Fsp3) is 0.345. The predicted molar refractivity (Wildman–Crippen MR) is 164 cm³/mol. The average Bonchev–Trinajstić information content (AvgIpc) is 3.72. The molecule has 232 valence electrons. The minimum atomic E-state index is -3.96. The lowest BCUT2D eigenvalue weighted by Gasteiger charge is -2.27. The van der Waals surface area contributed by atoms with Gasteiger partial charge in [-0.3, -0.25) is 14.2 Å². The summed E-state index contributed by atoms with van der Waals surface area (Å²) >= 11 is 0. The van der Waals surface area contributed by atoms with Gasteiger partial charge in [0.1, 0.15) is 18.4 Å². The molecule has 2 aromatic heterocycles. The van der Waals surface area contributed by atoms with E-state index in [1.807, 2.05) is 12.1 Å². The SMILES string of the molecule is Nc1nc(NC2CC2)c2ncn(CCOCP(=O)(N[C@@H](Cc3ccccc3)C(=O)O)N[C@@H](Cc3ccccc3)C(=O)O)c2n1. The molecule has 0 bridgehead atoms. The Morgan fingerprint density at radius 1 is 0.955 bits per heavy atom. The van der Waals surface area contributed by atoms with Crippen molar-refractivity contribution in [2.24, 2.45) is 0 Å². The monoisotopic (exact) mass is 622 g/mol. The minimum Gasteiger partial charge on any atom is -0.480 e. The van der Waals surface area contributed by atoms with Crippen LogP contribution in [-0.2, 0) is 38.3 Å². The maximum atomic E-state index is 14.3. The molecule has 7 N–H and O–H groups in total. The molecule has 1 aliphatic rings. The van der Waals surface area contributed by atoms with Crippen LogP contribution in [0.1, 0.15) is 24.0 Å². The smallest absolute Gasteiger partial charge is 0.321 e. The molecule has 0 spiro atoms. The van der Waals surface area contributed by atoms with E-state index >= 15 is 0 Å². The Bertz CT molecular complexity index is 1570. The molecule has 1 saturated carbocycles. The number of nitrogens with two attached hydrogens (primary N) is 1. The van der Waals surface area contributed by atoms with Crippen molar-refractivity contribution in [3.05, 3.63) is 78.1 Å². The number of aromatic nitrogens is 4. The average molecular weight is 623 g/mol. The van der Waals surface area contributed by atoms with Crippen molar-refractivity contribution >= 4 is 42.3 Å². The van der Waals surface area contributed by atoms with Crippen molar-refractivity contribution in [1.29, 1.82) is 0 Å². The maximum absolute atomic E-state index is 14.3. The molecule has 2 atom stereocenters. The Balaban J connectivity index is 1.31. The number of aliphatic carboxylic acids is 2. The number of nitrogen functional groups attached to an aromatic ring is 1. The van der Waals surface area contributed by atoms with Crippen molar-refractivity contribution in [3.63, 3.8) is 0 Å². The number of rotatable bonds is 17. The van der Waals surface area contributed by atoms with Crippen molar-refractivity contribution in [2.45, 2.75) is 50.4 Å². The number of nitrogens with zero attached hydrogens (tertiary/aromatic N) is 4. The van der Waals surface area contributed by atoms with Crippen molar-refractivity contribution in [1.82, 2.24) is 29.7 Å². The summed E-state index contributed by atoms with van der Waals surface area (Å²) in [6.45, 7) is 0.301. The summed E-state index contributed by atoms with van der Waals surface area (Å²) in [4.78, 5) is 37.4. The van der Waals surface area contributed by atoms with E-state index in [1.54, 1.807) is 59.4 Å². The topological polar surface area (TPSA) is 207 Å². The molecule has 0 unspecified atom stereocenters. The molecular weight excluding hydrogens is 587 g/mol.